The number of hydrogen-bond acceptors (Lipinski definition) is 5. The van der Waals surface area contributed by atoms with E-state index in [-0.39, 0.29) is 18.2 Å². The Morgan fingerprint density at radius 3 is 2.80 bits per heavy atom. The first kappa shape index (κ1) is 15.7. The summed E-state index contributed by atoms with van der Waals surface area (Å²) < 4.78 is 40.1. The number of ether oxygens (including phenoxy) is 2. The minimum Gasteiger partial charge on any atom is -0.454 e. The number of aromatic nitrogens is 2. The monoisotopic (exact) mass is 357 g/mol. The van der Waals surface area contributed by atoms with Crippen LogP contribution < -0.4 is 14.2 Å². The highest BCUT2D eigenvalue weighted by molar-refractivity contribution is 7.89. The molecule has 0 radical (unpaired) electrons. The van der Waals surface area contributed by atoms with Crippen LogP contribution in [0, 0.1) is 0 Å². The van der Waals surface area contributed by atoms with Crippen LogP contribution in [0.1, 0.15) is 5.56 Å². The van der Waals surface area contributed by atoms with Crippen molar-refractivity contribution in [2.24, 2.45) is 0 Å². The molecule has 7 nitrogen and oxygen atoms in total. The molecule has 0 spiro atoms. The second-order valence-electron chi connectivity index (χ2n) is 5.44. The van der Waals surface area contributed by atoms with E-state index in [1.807, 2.05) is 35.0 Å². The Morgan fingerprint density at radius 1 is 1.12 bits per heavy atom. The van der Waals surface area contributed by atoms with Crippen LogP contribution in [-0.2, 0) is 16.6 Å². The summed E-state index contributed by atoms with van der Waals surface area (Å²) in [7, 11) is -3.68. The van der Waals surface area contributed by atoms with Gasteiger partial charge < -0.3 is 14.0 Å². The zero-order valence-corrected chi connectivity index (χ0v) is 13.9. The highest BCUT2D eigenvalue weighted by atomic mass is 32.2. The maximum Gasteiger partial charge on any atom is 0.241 e. The number of benzene rings is 2. The Bertz CT molecular complexity index is 1000. The Morgan fingerprint density at radius 2 is 1.96 bits per heavy atom. The predicted molar refractivity (Wildman–Crippen MR) is 90.2 cm³/mol. The fourth-order valence-electron chi connectivity index (χ4n) is 2.61. The number of rotatable bonds is 5. The van der Waals surface area contributed by atoms with Gasteiger partial charge in [-0.1, -0.05) is 18.2 Å². The summed E-state index contributed by atoms with van der Waals surface area (Å²) in [4.78, 5) is 4.16. The van der Waals surface area contributed by atoms with Gasteiger partial charge in [0.05, 0.1) is 16.9 Å². The highest BCUT2D eigenvalue weighted by Crippen LogP contribution is 2.33. The van der Waals surface area contributed by atoms with Gasteiger partial charge >= 0.3 is 0 Å². The van der Waals surface area contributed by atoms with Crippen molar-refractivity contribution < 1.29 is 17.9 Å². The van der Waals surface area contributed by atoms with Crippen molar-refractivity contribution in [3.63, 3.8) is 0 Å². The Labute approximate surface area is 144 Å². The van der Waals surface area contributed by atoms with E-state index in [9.17, 15) is 8.42 Å². The van der Waals surface area contributed by atoms with E-state index in [0.717, 1.165) is 11.3 Å². The summed E-state index contributed by atoms with van der Waals surface area (Å²) in [5.74, 6) is 0.978. The second-order valence-corrected chi connectivity index (χ2v) is 7.21. The van der Waals surface area contributed by atoms with Crippen LogP contribution in [0.3, 0.4) is 0 Å². The first-order valence-electron chi connectivity index (χ1n) is 7.59. The number of hydrogen-bond donors (Lipinski definition) is 1. The van der Waals surface area contributed by atoms with Crippen molar-refractivity contribution in [2.45, 2.75) is 11.4 Å². The largest absolute Gasteiger partial charge is 0.454 e. The molecule has 0 aliphatic carbocycles. The van der Waals surface area contributed by atoms with Crippen LogP contribution in [0.2, 0.25) is 0 Å². The lowest BCUT2D eigenvalue weighted by atomic mass is 10.2. The standard InChI is InChI=1S/C17H15N3O4S/c21-25(22,14-5-6-16-17(9-14)24-12-23-16)19-10-13-3-1-2-4-15(13)20-8-7-18-11-20/h1-9,11,19H,10,12H2. The van der Waals surface area contributed by atoms with Crippen molar-refractivity contribution in [3.05, 3.63) is 66.7 Å². The zero-order chi connectivity index (χ0) is 17.3. The predicted octanol–water partition coefficient (Wildman–Crippen LogP) is 2.08. The highest BCUT2D eigenvalue weighted by Gasteiger charge is 2.20. The van der Waals surface area contributed by atoms with E-state index >= 15 is 0 Å². The van der Waals surface area contributed by atoms with Gasteiger partial charge in [-0.3, -0.25) is 0 Å². The summed E-state index contributed by atoms with van der Waals surface area (Å²) in [5, 5.41) is 0. The molecule has 0 saturated heterocycles. The van der Waals surface area contributed by atoms with E-state index in [4.69, 9.17) is 9.47 Å². The molecule has 0 atom stereocenters. The average molecular weight is 357 g/mol. The first-order valence-corrected chi connectivity index (χ1v) is 9.07. The number of nitrogens with zero attached hydrogens (tertiary/aromatic N) is 2. The maximum absolute atomic E-state index is 12.6. The SMILES string of the molecule is O=S(=O)(NCc1ccccc1-n1ccnc1)c1ccc2c(c1)OCO2. The maximum atomic E-state index is 12.6. The third-order valence-electron chi connectivity index (χ3n) is 3.88. The molecule has 2 heterocycles. The first-order chi connectivity index (χ1) is 12.1. The fourth-order valence-corrected chi connectivity index (χ4v) is 3.64. The Kier molecular flexibility index (Phi) is 3.90. The topological polar surface area (TPSA) is 82.5 Å². The number of sulfonamides is 1. The summed E-state index contributed by atoms with van der Waals surface area (Å²) in [6.45, 7) is 0.260. The van der Waals surface area contributed by atoms with Crippen molar-refractivity contribution in [1.82, 2.24) is 14.3 Å². The molecule has 128 valence electrons. The number of imidazole rings is 1. The fraction of sp³-hybridized carbons (Fsp3) is 0.118. The van der Waals surface area contributed by atoms with Gasteiger partial charge in [0, 0.05) is 25.0 Å². The van der Waals surface area contributed by atoms with E-state index in [1.165, 1.54) is 12.1 Å². The lowest BCUT2D eigenvalue weighted by Crippen LogP contribution is -2.23. The van der Waals surface area contributed by atoms with Gasteiger partial charge in [-0.05, 0) is 23.8 Å². The third kappa shape index (κ3) is 3.09. The third-order valence-corrected chi connectivity index (χ3v) is 5.28. The van der Waals surface area contributed by atoms with Crippen LogP contribution in [0.4, 0.5) is 0 Å². The molecule has 4 rings (SSSR count). The van der Waals surface area contributed by atoms with Gasteiger partial charge in [0.25, 0.3) is 0 Å². The van der Waals surface area contributed by atoms with Crippen molar-refractivity contribution in [1.29, 1.82) is 0 Å². The van der Waals surface area contributed by atoms with Gasteiger partial charge in [-0.15, -0.1) is 0 Å². The van der Waals surface area contributed by atoms with E-state index in [2.05, 4.69) is 9.71 Å². The van der Waals surface area contributed by atoms with Gasteiger partial charge in [0.15, 0.2) is 11.5 Å². The molecule has 0 bridgehead atoms. The summed E-state index contributed by atoms with van der Waals surface area (Å²) in [5.41, 5.74) is 1.71. The van der Waals surface area contributed by atoms with Crippen LogP contribution in [0.5, 0.6) is 11.5 Å². The summed E-state index contributed by atoms with van der Waals surface area (Å²) in [6.07, 6.45) is 5.16. The van der Waals surface area contributed by atoms with E-state index in [0.29, 0.717) is 11.5 Å². The lowest BCUT2D eigenvalue weighted by molar-refractivity contribution is 0.174. The minimum absolute atomic E-state index is 0.102. The van der Waals surface area contributed by atoms with Crippen LogP contribution in [0.15, 0.2) is 66.1 Å². The van der Waals surface area contributed by atoms with Gasteiger partial charge in [-0.2, -0.15) is 0 Å². The molecule has 0 unspecified atom stereocenters. The van der Waals surface area contributed by atoms with Gasteiger partial charge in [-0.25, -0.2) is 18.1 Å². The quantitative estimate of drug-likeness (QED) is 0.756. The lowest BCUT2D eigenvalue weighted by Gasteiger charge is -2.12. The molecule has 25 heavy (non-hydrogen) atoms. The second kappa shape index (κ2) is 6.23. The van der Waals surface area contributed by atoms with E-state index < -0.39 is 10.0 Å². The van der Waals surface area contributed by atoms with E-state index in [1.54, 1.807) is 18.6 Å². The molecular weight excluding hydrogens is 342 g/mol. The zero-order valence-electron chi connectivity index (χ0n) is 13.1. The smallest absolute Gasteiger partial charge is 0.241 e. The molecule has 1 aliphatic heterocycles. The number of fused-ring (bicyclic) bond motifs is 1. The molecule has 0 amide bonds. The molecule has 0 fully saturated rings. The molecular formula is C17H15N3O4S. The molecule has 1 N–H and O–H groups in total. The number of para-hydroxylation sites is 1. The van der Waals surface area contributed by atoms with Crippen molar-refractivity contribution in [3.8, 4) is 17.2 Å². The molecule has 0 saturated carbocycles. The van der Waals surface area contributed by atoms with Gasteiger partial charge in [0.1, 0.15) is 0 Å². The van der Waals surface area contributed by atoms with Crippen LogP contribution in [-0.4, -0.2) is 24.8 Å². The Hall–Kier alpha value is -2.84. The normalized spacial score (nSPS) is 13.1. The summed E-state index contributed by atoms with van der Waals surface area (Å²) >= 11 is 0. The molecule has 3 aromatic rings. The van der Waals surface area contributed by atoms with Crippen molar-refractivity contribution in [2.75, 3.05) is 6.79 Å². The van der Waals surface area contributed by atoms with Crippen LogP contribution >= 0.6 is 0 Å². The van der Waals surface area contributed by atoms with Crippen LogP contribution in [0.25, 0.3) is 5.69 Å². The molecule has 8 heteroatoms. The molecule has 1 aliphatic rings. The molecule has 1 aromatic heterocycles. The minimum atomic E-state index is -3.68. The molecule has 2 aromatic carbocycles. The number of nitrogens with one attached hydrogen (secondary N) is 1. The average Bonchev–Trinajstić information content (AvgIpc) is 3.31. The van der Waals surface area contributed by atoms with Gasteiger partial charge in [0.2, 0.25) is 16.8 Å². The summed E-state index contributed by atoms with van der Waals surface area (Å²) in [6, 6.07) is 12.1. The Balaban J connectivity index is 1.57. The van der Waals surface area contributed by atoms with Crippen molar-refractivity contribution >= 4 is 10.0 Å².